The molecule has 6 heteroatoms. The van der Waals surface area contributed by atoms with Crippen molar-refractivity contribution in [1.82, 2.24) is 16.2 Å². The Morgan fingerprint density at radius 1 is 1.45 bits per heavy atom. The number of hydrogen-bond donors (Lipinski definition) is 3. The van der Waals surface area contributed by atoms with Gasteiger partial charge in [-0.2, -0.15) is 0 Å². The molecular weight excluding hydrogens is 290 g/mol. The number of thiophene rings is 1. The van der Waals surface area contributed by atoms with Crippen molar-refractivity contribution in [2.45, 2.75) is 46.1 Å². The van der Waals surface area contributed by atoms with Gasteiger partial charge in [0.2, 0.25) is 0 Å². The van der Waals surface area contributed by atoms with Gasteiger partial charge in [-0.1, -0.05) is 6.92 Å². The summed E-state index contributed by atoms with van der Waals surface area (Å²) in [5.74, 6) is 0.596. The minimum absolute atomic E-state index is 0.120. The molecule has 0 radical (unpaired) electrons. The Morgan fingerprint density at radius 2 is 2.20 bits per heavy atom. The van der Waals surface area contributed by atoms with Crippen molar-refractivity contribution in [2.24, 2.45) is 5.92 Å². The van der Waals surface area contributed by atoms with E-state index >= 15 is 0 Å². The fourth-order valence-corrected chi connectivity index (χ4v) is 3.68. The molecule has 0 unspecified atom stereocenters. The lowest BCUT2D eigenvalue weighted by atomic mass is 9.90. The Bertz CT molecular complexity index is 511. The predicted molar refractivity (Wildman–Crippen MR) is 87.0 cm³/mol. The van der Waals surface area contributed by atoms with Gasteiger partial charge in [0.25, 0.3) is 5.91 Å². The minimum Gasteiger partial charge on any atom is -0.359 e. The number of nitrogens with one attached hydrogen (secondary N) is 3. The zero-order valence-electron chi connectivity index (χ0n) is 12.1. The molecule has 0 fully saturated rings. The number of hydrogen-bond acceptors (Lipinski definition) is 3. The number of amides is 1. The van der Waals surface area contributed by atoms with Crippen molar-refractivity contribution in [3.05, 3.63) is 21.4 Å². The lowest BCUT2D eigenvalue weighted by Gasteiger charge is -2.16. The molecule has 1 amide bonds. The SMILES string of the molecule is CC(C)NC(=S)NNC(=O)c1cc2c(s1)CC[C@@H](C)C2. The average Bonchev–Trinajstić information content (AvgIpc) is 2.78. The van der Waals surface area contributed by atoms with E-state index in [1.165, 1.54) is 16.9 Å². The molecular formula is C14H21N3OS2. The smallest absolute Gasteiger partial charge is 0.279 e. The topological polar surface area (TPSA) is 53.2 Å². The Balaban J connectivity index is 1.92. The van der Waals surface area contributed by atoms with Gasteiger partial charge in [0.1, 0.15) is 0 Å². The van der Waals surface area contributed by atoms with Crippen LogP contribution >= 0.6 is 23.6 Å². The van der Waals surface area contributed by atoms with Crippen LogP contribution in [0, 0.1) is 5.92 Å². The predicted octanol–water partition coefficient (Wildman–Crippen LogP) is 2.39. The molecule has 20 heavy (non-hydrogen) atoms. The Labute approximate surface area is 129 Å². The maximum atomic E-state index is 12.1. The summed E-state index contributed by atoms with van der Waals surface area (Å²) in [4.78, 5) is 14.2. The number of thiocarbonyl (C=S) groups is 1. The molecule has 1 aromatic heterocycles. The van der Waals surface area contributed by atoms with Crippen LogP contribution in [0.1, 0.15) is 47.3 Å². The van der Waals surface area contributed by atoms with Crippen LogP contribution in [0.3, 0.4) is 0 Å². The van der Waals surface area contributed by atoms with Crippen LogP contribution in [-0.4, -0.2) is 17.1 Å². The largest absolute Gasteiger partial charge is 0.359 e. The van der Waals surface area contributed by atoms with Crippen LogP contribution in [-0.2, 0) is 12.8 Å². The number of hydrazine groups is 1. The molecule has 4 nitrogen and oxygen atoms in total. The van der Waals surface area contributed by atoms with E-state index in [1.807, 2.05) is 19.9 Å². The van der Waals surface area contributed by atoms with Crippen LogP contribution in [0.5, 0.6) is 0 Å². The van der Waals surface area contributed by atoms with E-state index in [1.54, 1.807) is 11.3 Å². The molecule has 110 valence electrons. The maximum Gasteiger partial charge on any atom is 0.279 e. The highest BCUT2D eigenvalue weighted by Crippen LogP contribution is 2.31. The quantitative estimate of drug-likeness (QED) is 0.580. The highest BCUT2D eigenvalue weighted by Gasteiger charge is 2.20. The molecule has 0 aliphatic heterocycles. The lowest BCUT2D eigenvalue weighted by Crippen LogP contribution is -2.48. The number of aryl methyl sites for hydroxylation is 1. The maximum absolute atomic E-state index is 12.1. The van der Waals surface area contributed by atoms with Crippen molar-refractivity contribution < 1.29 is 4.79 Å². The molecule has 1 aromatic rings. The fraction of sp³-hybridized carbons (Fsp3) is 0.571. The normalized spacial score (nSPS) is 17.5. The van der Waals surface area contributed by atoms with Gasteiger partial charge < -0.3 is 5.32 Å². The summed E-state index contributed by atoms with van der Waals surface area (Å²) in [5.41, 5.74) is 6.71. The van der Waals surface area contributed by atoms with Gasteiger partial charge in [-0.3, -0.25) is 15.6 Å². The van der Waals surface area contributed by atoms with Crippen LogP contribution in [0.2, 0.25) is 0 Å². The van der Waals surface area contributed by atoms with E-state index < -0.39 is 0 Å². The van der Waals surface area contributed by atoms with E-state index in [2.05, 4.69) is 23.1 Å². The summed E-state index contributed by atoms with van der Waals surface area (Å²) in [6, 6.07) is 2.26. The molecule has 2 rings (SSSR count). The first-order valence-corrected chi connectivity index (χ1v) is 8.16. The Kier molecular flexibility index (Phi) is 4.99. The minimum atomic E-state index is -0.120. The fourth-order valence-electron chi connectivity index (χ4n) is 2.29. The molecule has 1 heterocycles. The van der Waals surface area contributed by atoms with Crippen molar-refractivity contribution in [3.8, 4) is 0 Å². The van der Waals surface area contributed by atoms with Gasteiger partial charge in [-0.25, -0.2) is 0 Å². The van der Waals surface area contributed by atoms with E-state index in [-0.39, 0.29) is 11.9 Å². The second kappa shape index (κ2) is 6.54. The number of carbonyl (C=O) groups is 1. The van der Waals surface area contributed by atoms with Crippen molar-refractivity contribution in [3.63, 3.8) is 0 Å². The van der Waals surface area contributed by atoms with Crippen molar-refractivity contribution in [1.29, 1.82) is 0 Å². The summed E-state index contributed by atoms with van der Waals surface area (Å²) in [6.45, 7) is 6.24. The first-order chi connectivity index (χ1) is 9.45. The number of rotatable bonds is 2. The third kappa shape index (κ3) is 3.93. The van der Waals surface area contributed by atoms with E-state index in [0.29, 0.717) is 11.0 Å². The molecule has 0 aromatic carbocycles. The van der Waals surface area contributed by atoms with E-state index in [4.69, 9.17) is 12.2 Å². The zero-order valence-corrected chi connectivity index (χ0v) is 13.7. The summed E-state index contributed by atoms with van der Waals surface area (Å²) in [7, 11) is 0. The summed E-state index contributed by atoms with van der Waals surface area (Å²) < 4.78 is 0. The Morgan fingerprint density at radius 3 is 2.90 bits per heavy atom. The third-order valence-corrected chi connectivity index (χ3v) is 4.72. The molecule has 0 spiro atoms. The zero-order chi connectivity index (χ0) is 14.7. The summed E-state index contributed by atoms with van der Waals surface area (Å²) >= 11 is 6.66. The number of carbonyl (C=O) groups excluding carboxylic acids is 1. The lowest BCUT2D eigenvalue weighted by molar-refractivity contribution is 0.0947. The van der Waals surface area contributed by atoms with Gasteiger partial charge in [0.15, 0.2) is 5.11 Å². The third-order valence-electron chi connectivity index (χ3n) is 3.26. The van der Waals surface area contributed by atoms with E-state index in [9.17, 15) is 4.79 Å². The van der Waals surface area contributed by atoms with Gasteiger partial charge in [0, 0.05) is 10.9 Å². The number of fused-ring (bicyclic) bond motifs is 1. The molecule has 1 aliphatic carbocycles. The van der Waals surface area contributed by atoms with E-state index in [0.717, 1.165) is 17.7 Å². The molecule has 1 aliphatic rings. The highest BCUT2D eigenvalue weighted by atomic mass is 32.1. The second-order valence-corrected chi connectivity index (χ2v) is 7.16. The van der Waals surface area contributed by atoms with Crippen molar-refractivity contribution in [2.75, 3.05) is 0 Å². The summed E-state index contributed by atoms with van der Waals surface area (Å²) in [5, 5.41) is 3.45. The molecule has 3 N–H and O–H groups in total. The van der Waals surface area contributed by atoms with Gasteiger partial charge in [-0.05, 0) is 62.9 Å². The van der Waals surface area contributed by atoms with Gasteiger partial charge >= 0.3 is 0 Å². The molecule has 0 saturated heterocycles. The van der Waals surface area contributed by atoms with Crippen LogP contribution in [0.4, 0.5) is 0 Å². The highest BCUT2D eigenvalue weighted by molar-refractivity contribution is 7.80. The van der Waals surface area contributed by atoms with Crippen molar-refractivity contribution >= 4 is 34.6 Å². The van der Waals surface area contributed by atoms with Crippen LogP contribution in [0.15, 0.2) is 6.07 Å². The van der Waals surface area contributed by atoms with Crippen LogP contribution < -0.4 is 16.2 Å². The summed E-state index contributed by atoms with van der Waals surface area (Å²) in [6.07, 6.45) is 3.39. The standard InChI is InChI=1S/C14H21N3OS2/c1-8(2)15-14(19)17-16-13(18)12-7-10-6-9(3)4-5-11(10)20-12/h7-9H,4-6H2,1-3H3,(H,16,18)(H2,15,17,19)/t9-/m1/s1. The Hall–Kier alpha value is -1.14. The monoisotopic (exact) mass is 311 g/mol. The average molecular weight is 311 g/mol. The molecule has 0 bridgehead atoms. The first kappa shape index (κ1) is 15.3. The molecule has 1 atom stereocenters. The first-order valence-electron chi connectivity index (χ1n) is 6.94. The molecule has 0 saturated carbocycles. The van der Waals surface area contributed by atoms with Gasteiger partial charge in [0.05, 0.1) is 4.88 Å². The van der Waals surface area contributed by atoms with Crippen LogP contribution in [0.25, 0.3) is 0 Å². The second-order valence-electron chi connectivity index (χ2n) is 5.61. The van der Waals surface area contributed by atoms with Gasteiger partial charge in [-0.15, -0.1) is 11.3 Å².